The molecule has 2 N–H and O–H groups in total. The van der Waals surface area contributed by atoms with Gasteiger partial charge >= 0.3 is 0 Å². The lowest BCUT2D eigenvalue weighted by Crippen LogP contribution is -2.47. The summed E-state index contributed by atoms with van der Waals surface area (Å²) in [5, 5.41) is 6.84. The smallest absolute Gasteiger partial charge is 0.190 e. The Bertz CT molecular complexity index is 568. The molecule has 2 fully saturated rings. The number of rotatable bonds is 8. The number of piperazine rings is 1. The van der Waals surface area contributed by atoms with E-state index in [-0.39, 0.29) is 24.0 Å². The molecule has 1 saturated carbocycles. The fourth-order valence-electron chi connectivity index (χ4n) is 3.32. The third kappa shape index (κ3) is 7.37. The van der Waals surface area contributed by atoms with Gasteiger partial charge in [-0.2, -0.15) is 0 Å². The minimum Gasteiger partial charge on any atom is -0.497 e. The van der Waals surface area contributed by atoms with Crippen LogP contribution in [-0.4, -0.2) is 70.8 Å². The molecule has 7 heteroatoms. The van der Waals surface area contributed by atoms with E-state index >= 15 is 0 Å². The summed E-state index contributed by atoms with van der Waals surface area (Å²) in [6.07, 6.45) is 3.88. The molecule has 2 aliphatic rings. The van der Waals surface area contributed by atoms with Crippen LogP contribution in [0, 0.1) is 5.92 Å². The molecule has 1 aliphatic heterocycles. The number of hydrogen-bond acceptors (Lipinski definition) is 4. The molecule has 1 aromatic carbocycles. The van der Waals surface area contributed by atoms with Gasteiger partial charge in [-0.3, -0.25) is 9.89 Å². The Balaban J connectivity index is 0.00000261. The maximum Gasteiger partial charge on any atom is 0.190 e. The van der Waals surface area contributed by atoms with Crippen molar-refractivity contribution in [3.8, 4) is 5.75 Å². The molecule has 6 nitrogen and oxygen atoms in total. The maximum atomic E-state index is 5.24. The summed E-state index contributed by atoms with van der Waals surface area (Å²) in [6, 6.07) is 8.38. The number of halogens is 1. The first-order chi connectivity index (χ1) is 12.8. The summed E-state index contributed by atoms with van der Waals surface area (Å²) in [7, 11) is 3.56. The van der Waals surface area contributed by atoms with Gasteiger partial charge in [0.15, 0.2) is 5.96 Å². The number of nitrogens with one attached hydrogen (secondary N) is 2. The highest BCUT2D eigenvalue weighted by Crippen LogP contribution is 2.27. The van der Waals surface area contributed by atoms with Crippen molar-refractivity contribution in [3.05, 3.63) is 24.3 Å². The number of nitrogens with zero attached hydrogens (tertiary/aromatic N) is 3. The van der Waals surface area contributed by atoms with Crippen LogP contribution in [0.2, 0.25) is 0 Å². The maximum absolute atomic E-state index is 5.24. The Hall–Kier alpha value is -1.22. The summed E-state index contributed by atoms with van der Waals surface area (Å²) in [5.74, 6) is 2.73. The number of anilines is 1. The molecule has 152 valence electrons. The highest BCUT2D eigenvalue weighted by atomic mass is 127. The number of aliphatic imine (C=N–C) groups is 1. The van der Waals surface area contributed by atoms with Crippen LogP contribution < -0.4 is 20.3 Å². The standard InChI is InChI=1S/C20H33N5O.HI/c1-21-20(23-16-17-4-5-17)22-10-3-11-24-12-14-25(15-13-24)18-6-8-19(26-2)9-7-18;/h6-9,17H,3-5,10-16H2,1-2H3,(H2,21,22,23);1H. The normalized spacial score (nSPS) is 18.0. The van der Waals surface area contributed by atoms with E-state index in [0.29, 0.717) is 0 Å². The van der Waals surface area contributed by atoms with Crippen molar-refractivity contribution in [3.63, 3.8) is 0 Å². The first-order valence-electron chi connectivity index (χ1n) is 9.84. The lowest BCUT2D eigenvalue weighted by molar-refractivity contribution is 0.255. The van der Waals surface area contributed by atoms with Gasteiger partial charge in [0.2, 0.25) is 0 Å². The Morgan fingerprint density at radius 2 is 1.81 bits per heavy atom. The van der Waals surface area contributed by atoms with E-state index in [9.17, 15) is 0 Å². The van der Waals surface area contributed by atoms with Crippen LogP contribution in [0.1, 0.15) is 19.3 Å². The van der Waals surface area contributed by atoms with Crippen molar-refractivity contribution < 1.29 is 4.74 Å². The third-order valence-corrected chi connectivity index (χ3v) is 5.23. The molecule has 1 aliphatic carbocycles. The van der Waals surface area contributed by atoms with Gasteiger partial charge in [-0.25, -0.2) is 0 Å². The third-order valence-electron chi connectivity index (χ3n) is 5.23. The second kappa shape index (κ2) is 11.6. The average Bonchev–Trinajstić information content (AvgIpc) is 3.52. The number of methoxy groups -OCH3 is 1. The molecule has 0 unspecified atom stereocenters. The van der Waals surface area contributed by atoms with E-state index in [4.69, 9.17) is 4.74 Å². The minimum atomic E-state index is 0. The van der Waals surface area contributed by atoms with Crippen molar-refractivity contribution in [1.29, 1.82) is 0 Å². The summed E-state index contributed by atoms with van der Waals surface area (Å²) in [5.41, 5.74) is 1.29. The SMILES string of the molecule is CN=C(NCCCN1CCN(c2ccc(OC)cc2)CC1)NCC1CC1.I. The van der Waals surface area contributed by atoms with Crippen molar-refractivity contribution in [2.45, 2.75) is 19.3 Å². The average molecular weight is 487 g/mol. The molecule has 3 rings (SSSR count). The van der Waals surface area contributed by atoms with Gasteiger partial charge < -0.3 is 20.3 Å². The molecule has 27 heavy (non-hydrogen) atoms. The second-order valence-corrected chi connectivity index (χ2v) is 7.20. The van der Waals surface area contributed by atoms with Gasteiger partial charge in [0.1, 0.15) is 5.75 Å². The van der Waals surface area contributed by atoms with Crippen LogP contribution in [0.5, 0.6) is 5.75 Å². The van der Waals surface area contributed by atoms with Crippen molar-refractivity contribution in [2.24, 2.45) is 10.9 Å². The van der Waals surface area contributed by atoms with Gasteiger partial charge in [0.25, 0.3) is 0 Å². The summed E-state index contributed by atoms with van der Waals surface area (Å²) < 4.78 is 5.24. The van der Waals surface area contributed by atoms with Crippen LogP contribution in [0.4, 0.5) is 5.69 Å². The number of benzene rings is 1. The number of hydrogen-bond donors (Lipinski definition) is 2. The van der Waals surface area contributed by atoms with Gasteiger partial charge in [-0.15, -0.1) is 24.0 Å². The quantitative estimate of drug-likeness (QED) is 0.255. The van der Waals surface area contributed by atoms with E-state index in [1.165, 1.54) is 18.5 Å². The summed E-state index contributed by atoms with van der Waals surface area (Å²) in [4.78, 5) is 9.31. The van der Waals surface area contributed by atoms with Crippen molar-refractivity contribution in [2.75, 3.05) is 64.9 Å². The molecular formula is C20H34IN5O. The molecule has 1 aromatic rings. The highest BCUT2D eigenvalue weighted by molar-refractivity contribution is 14.0. The Kier molecular flexibility index (Phi) is 9.47. The molecular weight excluding hydrogens is 453 g/mol. The molecule has 0 aromatic heterocycles. The fourth-order valence-corrected chi connectivity index (χ4v) is 3.32. The first-order valence-corrected chi connectivity index (χ1v) is 9.84. The van der Waals surface area contributed by atoms with Crippen molar-refractivity contribution >= 4 is 35.6 Å². The van der Waals surface area contributed by atoms with Crippen LogP contribution in [0.3, 0.4) is 0 Å². The lowest BCUT2D eigenvalue weighted by Gasteiger charge is -2.36. The highest BCUT2D eigenvalue weighted by Gasteiger charge is 2.21. The summed E-state index contributed by atoms with van der Waals surface area (Å²) >= 11 is 0. The van der Waals surface area contributed by atoms with E-state index < -0.39 is 0 Å². The van der Waals surface area contributed by atoms with E-state index in [0.717, 1.165) is 69.9 Å². The molecule has 0 radical (unpaired) electrons. The van der Waals surface area contributed by atoms with Crippen LogP contribution in [-0.2, 0) is 0 Å². The minimum absolute atomic E-state index is 0. The predicted molar refractivity (Wildman–Crippen MR) is 124 cm³/mol. The molecule has 1 saturated heterocycles. The largest absolute Gasteiger partial charge is 0.497 e. The summed E-state index contributed by atoms with van der Waals surface area (Å²) in [6.45, 7) is 7.61. The molecule has 1 heterocycles. The molecule has 0 bridgehead atoms. The lowest BCUT2D eigenvalue weighted by atomic mass is 10.2. The Morgan fingerprint density at radius 3 is 2.41 bits per heavy atom. The zero-order valence-corrected chi connectivity index (χ0v) is 18.9. The first kappa shape index (κ1) is 22.1. The molecule has 0 atom stereocenters. The van der Waals surface area contributed by atoms with Gasteiger partial charge in [-0.1, -0.05) is 0 Å². The van der Waals surface area contributed by atoms with E-state index in [1.807, 2.05) is 19.2 Å². The van der Waals surface area contributed by atoms with E-state index in [2.05, 4.69) is 37.6 Å². The number of guanidine groups is 1. The van der Waals surface area contributed by atoms with Crippen LogP contribution >= 0.6 is 24.0 Å². The van der Waals surface area contributed by atoms with Crippen LogP contribution in [0.15, 0.2) is 29.3 Å². The zero-order chi connectivity index (χ0) is 18.2. The topological polar surface area (TPSA) is 52.1 Å². The molecule has 0 amide bonds. The molecule has 0 spiro atoms. The van der Waals surface area contributed by atoms with Gasteiger partial charge in [0.05, 0.1) is 7.11 Å². The van der Waals surface area contributed by atoms with Gasteiger partial charge in [-0.05, 0) is 56.0 Å². The van der Waals surface area contributed by atoms with Gasteiger partial charge in [0, 0.05) is 52.0 Å². The second-order valence-electron chi connectivity index (χ2n) is 7.20. The van der Waals surface area contributed by atoms with Crippen LogP contribution in [0.25, 0.3) is 0 Å². The monoisotopic (exact) mass is 487 g/mol. The number of ether oxygens (including phenoxy) is 1. The fraction of sp³-hybridized carbons (Fsp3) is 0.650. The van der Waals surface area contributed by atoms with E-state index in [1.54, 1.807) is 7.11 Å². The zero-order valence-electron chi connectivity index (χ0n) is 16.6. The predicted octanol–water partition coefficient (Wildman–Crippen LogP) is 2.40. The Morgan fingerprint density at radius 1 is 1.11 bits per heavy atom. The van der Waals surface area contributed by atoms with Crippen molar-refractivity contribution in [1.82, 2.24) is 15.5 Å². The Labute approximate surface area is 180 Å².